The average molecular weight is 373 g/mol. The van der Waals surface area contributed by atoms with Crippen LogP contribution in [0.25, 0.3) is 5.52 Å². The van der Waals surface area contributed by atoms with Crippen LogP contribution >= 0.6 is 0 Å². The number of nitrogens with zero attached hydrogens (tertiary/aromatic N) is 4. The minimum atomic E-state index is 0.00233. The fraction of sp³-hybridized carbons (Fsp3) is 0.727. The Labute approximate surface area is 164 Å². The molecule has 1 aliphatic heterocycles. The molecule has 150 valence electrons. The second-order valence-corrected chi connectivity index (χ2v) is 9.00. The van der Waals surface area contributed by atoms with Crippen LogP contribution in [0.5, 0.6) is 0 Å². The molecule has 0 atom stereocenters. The zero-order valence-electron chi connectivity index (χ0n) is 18.0. The molecule has 5 nitrogen and oxygen atoms in total. The van der Waals surface area contributed by atoms with E-state index < -0.39 is 0 Å². The Morgan fingerprint density at radius 3 is 2.30 bits per heavy atom. The first-order valence-electron chi connectivity index (χ1n) is 10.5. The highest BCUT2D eigenvalue weighted by Gasteiger charge is 2.29. The molecule has 0 aromatic carbocycles. The normalized spacial score (nSPS) is 16.3. The monoisotopic (exact) mass is 372 g/mol. The van der Waals surface area contributed by atoms with Gasteiger partial charge in [0.05, 0.1) is 13.2 Å². The second-order valence-electron chi connectivity index (χ2n) is 9.00. The summed E-state index contributed by atoms with van der Waals surface area (Å²) in [6, 6.07) is 2.29. The van der Waals surface area contributed by atoms with Crippen molar-refractivity contribution in [1.82, 2.24) is 14.6 Å². The van der Waals surface area contributed by atoms with E-state index in [0.29, 0.717) is 5.41 Å². The van der Waals surface area contributed by atoms with Crippen LogP contribution in [0.3, 0.4) is 0 Å². The summed E-state index contributed by atoms with van der Waals surface area (Å²) in [4.78, 5) is 7.47. The van der Waals surface area contributed by atoms with Gasteiger partial charge in [-0.25, -0.2) is 9.50 Å². The summed E-state index contributed by atoms with van der Waals surface area (Å²) >= 11 is 0. The highest BCUT2D eigenvalue weighted by Crippen LogP contribution is 2.33. The minimum absolute atomic E-state index is 0.00233. The fourth-order valence-electron chi connectivity index (χ4n) is 3.64. The van der Waals surface area contributed by atoms with E-state index in [1.165, 1.54) is 5.56 Å². The zero-order valence-corrected chi connectivity index (χ0v) is 18.0. The number of morpholine rings is 1. The van der Waals surface area contributed by atoms with E-state index >= 15 is 0 Å². The predicted octanol–water partition coefficient (Wildman–Crippen LogP) is 4.62. The highest BCUT2D eigenvalue weighted by molar-refractivity contribution is 5.70. The Balaban J connectivity index is 2.11. The Kier molecular flexibility index (Phi) is 5.80. The number of ether oxygens (including phenoxy) is 1. The molecule has 3 rings (SSSR count). The molecule has 0 radical (unpaired) electrons. The molecule has 2 aromatic heterocycles. The van der Waals surface area contributed by atoms with Crippen LogP contribution in [0.2, 0.25) is 0 Å². The summed E-state index contributed by atoms with van der Waals surface area (Å²) in [6.07, 6.45) is 6.51. The van der Waals surface area contributed by atoms with Gasteiger partial charge in [-0.05, 0) is 36.3 Å². The molecule has 3 heterocycles. The zero-order chi connectivity index (χ0) is 19.7. The van der Waals surface area contributed by atoms with Gasteiger partial charge in [-0.15, -0.1) is 0 Å². The maximum absolute atomic E-state index is 5.57. The lowest BCUT2D eigenvalue weighted by Gasteiger charge is -2.31. The maximum atomic E-state index is 5.57. The van der Waals surface area contributed by atoms with E-state index in [9.17, 15) is 0 Å². The van der Waals surface area contributed by atoms with Gasteiger partial charge in [0.2, 0.25) is 0 Å². The molecule has 0 unspecified atom stereocenters. The molecule has 1 fully saturated rings. The van der Waals surface area contributed by atoms with Crippen LogP contribution in [0.15, 0.2) is 12.3 Å². The lowest BCUT2D eigenvalue weighted by molar-refractivity contribution is 0.122. The Morgan fingerprint density at radius 1 is 1.04 bits per heavy atom. The van der Waals surface area contributed by atoms with E-state index in [-0.39, 0.29) is 5.41 Å². The van der Waals surface area contributed by atoms with Gasteiger partial charge in [0, 0.05) is 24.7 Å². The Hall–Kier alpha value is -1.62. The maximum Gasteiger partial charge on any atom is 0.157 e. The van der Waals surface area contributed by atoms with E-state index in [4.69, 9.17) is 14.8 Å². The minimum Gasteiger partial charge on any atom is -0.378 e. The summed E-state index contributed by atoms with van der Waals surface area (Å²) in [5.41, 5.74) is 2.76. The molecule has 0 saturated carbocycles. The Morgan fingerprint density at radius 2 is 1.70 bits per heavy atom. The van der Waals surface area contributed by atoms with Crippen LogP contribution in [0.4, 0.5) is 5.82 Å². The number of hydrogen-bond acceptors (Lipinski definition) is 4. The molecular formula is C22H36N4O. The first-order chi connectivity index (χ1) is 12.8. The fourth-order valence-corrected chi connectivity index (χ4v) is 3.64. The van der Waals surface area contributed by atoms with Crippen LogP contribution in [0, 0.1) is 5.41 Å². The van der Waals surface area contributed by atoms with Crippen LogP contribution in [0.1, 0.15) is 72.2 Å². The summed E-state index contributed by atoms with van der Waals surface area (Å²) in [5, 5.41) is 4.97. The van der Waals surface area contributed by atoms with Gasteiger partial charge in [0.15, 0.2) is 11.6 Å². The number of aromatic nitrogens is 3. The van der Waals surface area contributed by atoms with Crippen molar-refractivity contribution in [3.63, 3.8) is 0 Å². The summed E-state index contributed by atoms with van der Waals surface area (Å²) in [7, 11) is 0. The molecule has 0 bridgehead atoms. The molecule has 1 aliphatic rings. The number of rotatable bonds is 7. The lowest BCUT2D eigenvalue weighted by atomic mass is 9.84. The topological polar surface area (TPSA) is 42.7 Å². The molecule has 27 heavy (non-hydrogen) atoms. The number of anilines is 1. The van der Waals surface area contributed by atoms with E-state index in [0.717, 1.165) is 69.1 Å². The molecule has 0 amide bonds. The molecular weight excluding hydrogens is 336 g/mol. The van der Waals surface area contributed by atoms with Crippen LogP contribution in [-0.2, 0) is 16.6 Å². The van der Waals surface area contributed by atoms with Gasteiger partial charge in [-0.2, -0.15) is 5.10 Å². The lowest BCUT2D eigenvalue weighted by Crippen LogP contribution is -2.38. The molecule has 2 aromatic rings. The van der Waals surface area contributed by atoms with Crippen LogP contribution < -0.4 is 4.90 Å². The Bertz CT molecular complexity index is 770. The number of hydrogen-bond donors (Lipinski definition) is 0. The second kappa shape index (κ2) is 7.78. The van der Waals surface area contributed by atoms with Gasteiger partial charge in [-0.3, -0.25) is 0 Å². The third-order valence-corrected chi connectivity index (χ3v) is 6.55. The standard InChI is InChI=1S/C22H36N4O/c1-7-21(4,5)15-17-14-18-19(25-10-12-27-13-11-25)23-20(24-26(18)16-17)22(6,8-2)9-3/h14,16H,7-13,15H2,1-6H3. The molecule has 0 aliphatic carbocycles. The molecule has 1 saturated heterocycles. The predicted molar refractivity (Wildman–Crippen MR) is 112 cm³/mol. The largest absolute Gasteiger partial charge is 0.378 e. The van der Waals surface area contributed by atoms with Crippen molar-refractivity contribution in [3.8, 4) is 0 Å². The van der Waals surface area contributed by atoms with Crippen molar-refractivity contribution in [2.75, 3.05) is 31.2 Å². The van der Waals surface area contributed by atoms with E-state index in [2.05, 4.69) is 63.2 Å². The van der Waals surface area contributed by atoms with Crippen molar-refractivity contribution in [2.45, 2.75) is 72.6 Å². The van der Waals surface area contributed by atoms with Gasteiger partial charge >= 0.3 is 0 Å². The molecule has 0 N–H and O–H groups in total. The molecule has 0 spiro atoms. The first-order valence-corrected chi connectivity index (χ1v) is 10.5. The third kappa shape index (κ3) is 4.13. The summed E-state index contributed by atoms with van der Waals surface area (Å²) in [5.74, 6) is 2.02. The summed E-state index contributed by atoms with van der Waals surface area (Å²) in [6.45, 7) is 17.0. The van der Waals surface area contributed by atoms with Gasteiger partial charge in [0.25, 0.3) is 0 Å². The van der Waals surface area contributed by atoms with Crippen LogP contribution in [-0.4, -0.2) is 40.9 Å². The van der Waals surface area contributed by atoms with Crippen molar-refractivity contribution in [2.24, 2.45) is 5.41 Å². The van der Waals surface area contributed by atoms with E-state index in [1.54, 1.807) is 0 Å². The smallest absolute Gasteiger partial charge is 0.157 e. The van der Waals surface area contributed by atoms with Crippen molar-refractivity contribution < 1.29 is 4.74 Å². The van der Waals surface area contributed by atoms with Gasteiger partial charge in [0.1, 0.15) is 5.52 Å². The highest BCUT2D eigenvalue weighted by atomic mass is 16.5. The average Bonchev–Trinajstić information content (AvgIpc) is 3.08. The SMILES string of the molecule is CCC(C)(C)Cc1cc2c(N3CCOCC3)nc(C(C)(CC)CC)nn2c1. The number of fused-ring (bicyclic) bond motifs is 1. The van der Waals surface area contributed by atoms with E-state index in [1.807, 2.05) is 0 Å². The summed E-state index contributed by atoms with van der Waals surface area (Å²) < 4.78 is 7.65. The van der Waals surface area contributed by atoms with Gasteiger partial charge < -0.3 is 9.64 Å². The first kappa shape index (κ1) is 20.1. The third-order valence-electron chi connectivity index (χ3n) is 6.55. The van der Waals surface area contributed by atoms with Crippen molar-refractivity contribution in [3.05, 3.63) is 23.7 Å². The van der Waals surface area contributed by atoms with Gasteiger partial charge in [-0.1, -0.05) is 48.0 Å². The quantitative estimate of drug-likeness (QED) is 0.711. The van der Waals surface area contributed by atoms with Crippen molar-refractivity contribution >= 4 is 11.3 Å². The van der Waals surface area contributed by atoms with Crippen molar-refractivity contribution in [1.29, 1.82) is 0 Å². The molecule has 5 heteroatoms.